The molecule has 1 aromatic heterocycles. The van der Waals surface area contributed by atoms with Crippen LogP contribution in [0.2, 0.25) is 0 Å². The van der Waals surface area contributed by atoms with Gasteiger partial charge < -0.3 is 9.47 Å². The number of hydrogen-bond acceptors (Lipinski definition) is 7. The maximum atomic E-state index is 13.9. The van der Waals surface area contributed by atoms with E-state index in [-0.39, 0.29) is 35.3 Å². The number of amides is 1. The van der Waals surface area contributed by atoms with E-state index in [2.05, 4.69) is 11.9 Å². The van der Waals surface area contributed by atoms with E-state index in [1.165, 1.54) is 23.2 Å². The number of hydrogen-bond donors (Lipinski definition) is 0. The van der Waals surface area contributed by atoms with Crippen LogP contribution in [-0.2, 0) is 14.3 Å². The third-order valence-electron chi connectivity index (χ3n) is 7.07. The van der Waals surface area contributed by atoms with E-state index in [9.17, 15) is 14.4 Å². The molecule has 35 heavy (non-hydrogen) atoms. The van der Waals surface area contributed by atoms with Gasteiger partial charge in [-0.3, -0.25) is 19.3 Å². The van der Waals surface area contributed by atoms with Crippen molar-refractivity contribution < 1.29 is 23.9 Å². The highest BCUT2D eigenvalue weighted by atomic mass is 32.1. The maximum absolute atomic E-state index is 13.9. The Balaban J connectivity index is 1.63. The van der Waals surface area contributed by atoms with Gasteiger partial charge in [0.2, 0.25) is 0 Å². The predicted octanol–water partition coefficient (Wildman–Crippen LogP) is 5.19. The zero-order valence-electron chi connectivity index (χ0n) is 20.5. The van der Waals surface area contributed by atoms with Crippen molar-refractivity contribution in [3.05, 3.63) is 51.7 Å². The van der Waals surface area contributed by atoms with Crippen molar-refractivity contribution in [2.45, 2.75) is 65.5 Å². The molecular formula is C27H30N2O5S. The van der Waals surface area contributed by atoms with Crippen LogP contribution in [0.1, 0.15) is 73.4 Å². The average molecular weight is 495 g/mol. The summed E-state index contributed by atoms with van der Waals surface area (Å²) in [5.74, 6) is 0.505. The lowest BCUT2D eigenvalue weighted by atomic mass is 9.74. The molecule has 1 saturated carbocycles. The molecule has 1 aromatic carbocycles. The predicted molar refractivity (Wildman–Crippen MR) is 133 cm³/mol. The summed E-state index contributed by atoms with van der Waals surface area (Å²) in [6.07, 6.45) is 3.09. The Hall–Kier alpha value is -3.00. The number of Topliss-reactive ketones (excluding diaryl/α,β-unsaturated/α-hetero) is 2. The minimum absolute atomic E-state index is 0.0106. The highest BCUT2D eigenvalue weighted by molar-refractivity contribution is 7.17. The van der Waals surface area contributed by atoms with E-state index < -0.39 is 6.04 Å². The number of rotatable bonds is 6. The number of aryl methyl sites for hydroxylation is 1. The summed E-state index contributed by atoms with van der Waals surface area (Å²) in [6.45, 7) is 8.02. The van der Waals surface area contributed by atoms with Gasteiger partial charge in [-0.25, -0.2) is 4.98 Å². The van der Waals surface area contributed by atoms with Crippen LogP contribution in [0, 0.1) is 18.8 Å². The normalized spacial score (nSPS) is 25.9. The smallest absolute Gasteiger partial charge is 0.296 e. The van der Waals surface area contributed by atoms with Gasteiger partial charge >= 0.3 is 0 Å². The van der Waals surface area contributed by atoms with E-state index in [0.717, 1.165) is 31.2 Å². The van der Waals surface area contributed by atoms with Gasteiger partial charge in [0.05, 0.1) is 34.7 Å². The summed E-state index contributed by atoms with van der Waals surface area (Å²) in [5.41, 5.74) is 1.73. The lowest BCUT2D eigenvalue weighted by Crippen LogP contribution is -2.41. The molecule has 4 unspecified atom stereocenters. The van der Waals surface area contributed by atoms with Gasteiger partial charge in [0.1, 0.15) is 11.9 Å². The van der Waals surface area contributed by atoms with Crippen LogP contribution >= 0.6 is 11.3 Å². The van der Waals surface area contributed by atoms with E-state index in [1.807, 2.05) is 31.2 Å². The molecule has 1 aliphatic carbocycles. The van der Waals surface area contributed by atoms with Crippen molar-refractivity contribution >= 4 is 33.9 Å². The molecule has 1 fully saturated rings. The number of ether oxygens (including phenoxy) is 2. The fourth-order valence-corrected chi connectivity index (χ4v) is 6.38. The Morgan fingerprint density at radius 2 is 2.09 bits per heavy atom. The first-order valence-electron chi connectivity index (χ1n) is 12.3. The molecule has 2 aliphatic heterocycles. The van der Waals surface area contributed by atoms with Crippen LogP contribution in [0.25, 0.3) is 0 Å². The molecule has 0 bridgehead atoms. The molecule has 7 nitrogen and oxygen atoms in total. The van der Waals surface area contributed by atoms with Crippen molar-refractivity contribution in [3.8, 4) is 5.75 Å². The van der Waals surface area contributed by atoms with Gasteiger partial charge in [0.15, 0.2) is 22.5 Å². The van der Waals surface area contributed by atoms with Gasteiger partial charge in [-0.1, -0.05) is 37.3 Å². The molecule has 184 valence electrons. The molecule has 2 aromatic rings. The summed E-state index contributed by atoms with van der Waals surface area (Å²) in [4.78, 5) is 46.5. The van der Waals surface area contributed by atoms with Crippen LogP contribution in [0.4, 0.5) is 5.13 Å². The Morgan fingerprint density at radius 1 is 1.29 bits per heavy atom. The second kappa shape index (κ2) is 9.22. The van der Waals surface area contributed by atoms with E-state index in [4.69, 9.17) is 9.47 Å². The minimum atomic E-state index is -0.682. The molecule has 4 atom stereocenters. The molecule has 3 heterocycles. The molecule has 8 heteroatoms. The van der Waals surface area contributed by atoms with Crippen LogP contribution in [0.15, 0.2) is 35.6 Å². The van der Waals surface area contributed by atoms with Crippen LogP contribution in [0.5, 0.6) is 5.75 Å². The first-order valence-corrected chi connectivity index (χ1v) is 13.1. The minimum Gasteiger partial charge on any atom is -0.494 e. The highest BCUT2D eigenvalue weighted by Gasteiger charge is 2.53. The van der Waals surface area contributed by atoms with Crippen molar-refractivity contribution in [3.63, 3.8) is 0 Å². The van der Waals surface area contributed by atoms with Crippen molar-refractivity contribution in [1.82, 2.24) is 4.98 Å². The summed E-state index contributed by atoms with van der Waals surface area (Å²) in [5, 5.41) is 0.393. The highest BCUT2D eigenvalue weighted by Crippen LogP contribution is 2.50. The Bertz CT molecular complexity index is 1230. The van der Waals surface area contributed by atoms with Gasteiger partial charge in [0, 0.05) is 6.92 Å². The Kier molecular flexibility index (Phi) is 6.25. The van der Waals surface area contributed by atoms with Crippen LogP contribution in [0.3, 0.4) is 0 Å². The fraction of sp³-hybridized carbons (Fsp3) is 0.481. The topological polar surface area (TPSA) is 85.8 Å². The van der Waals surface area contributed by atoms with Gasteiger partial charge in [-0.15, -0.1) is 0 Å². The number of anilines is 1. The van der Waals surface area contributed by atoms with Crippen LogP contribution < -0.4 is 9.64 Å². The third-order valence-corrected chi connectivity index (χ3v) is 8.33. The number of benzene rings is 1. The SMILES string of the molecule is CCCOc1cccc(C2C3=C(OC4CCC(C)CC4C3=O)C(=O)N2c2nc(C)c(C(C)=O)s2)c1. The van der Waals surface area contributed by atoms with Crippen LogP contribution in [-0.4, -0.2) is 35.2 Å². The largest absolute Gasteiger partial charge is 0.494 e. The maximum Gasteiger partial charge on any atom is 0.296 e. The monoisotopic (exact) mass is 494 g/mol. The first kappa shape index (κ1) is 23.7. The summed E-state index contributed by atoms with van der Waals surface area (Å²) >= 11 is 1.18. The standard InChI is InChI=1S/C27H30N2O5S/c1-5-11-33-18-8-6-7-17(13-18)22-21-23(31)19-12-14(2)9-10-20(19)34-24(21)26(32)29(22)27-28-15(3)25(35-27)16(4)30/h6-8,13-14,19-20,22H,5,9-12H2,1-4H3. The lowest BCUT2D eigenvalue weighted by molar-refractivity contribution is -0.132. The molecule has 0 N–H and O–H groups in total. The number of aromatic nitrogens is 1. The molecule has 1 amide bonds. The second-order valence-electron chi connectivity index (χ2n) is 9.75. The van der Waals surface area contributed by atoms with E-state index in [1.54, 1.807) is 6.92 Å². The molecule has 0 saturated heterocycles. The van der Waals surface area contributed by atoms with Gasteiger partial charge in [-0.2, -0.15) is 0 Å². The van der Waals surface area contributed by atoms with Crippen molar-refractivity contribution in [1.29, 1.82) is 0 Å². The third kappa shape index (κ3) is 4.07. The Labute approximate surface area is 209 Å². The van der Waals surface area contributed by atoms with E-state index in [0.29, 0.717) is 39.6 Å². The second-order valence-corrected chi connectivity index (χ2v) is 10.7. The van der Waals surface area contributed by atoms with Gasteiger partial charge in [0.25, 0.3) is 5.91 Å². The van der Waals surface area contributed by atoms with Crippen molar-refractivity contribution in [2.75, 3.05) is 11.5 Å². The van der Waals surface area contributed by atoms with Gasteiger partial charge in [-0.05, 0) is 56.2 Å². The summed E-state index contributed by atoms with van der Waals surface area (Å²) in [7, 11) is 0. The molecule has 3 aliphatic rings. The van der Waals surface area contributed by atoms with E-state index >= 15 is 0 Å². The molecule has 0 radical (unpaired) electrons. The molecule has 0 spiro atoms. The molecular weight excluding hydrogens is 464 g/mol. The lowest BCUT2D eigenvalue weighted by Gasteiger charge is -2.37. The van der Waals surface area contributed by atoms with Crippen molar-refractivity contribution in [2.24, 2.45) is 11.8 Å². The number of thiazole rings is 1. The Morgan fingerprint density at radius 3 is 2.80 bits per heavy atom. The number of carbonyl (C=O) groups excluding carboxylic acids is 3. The first-order chi connectivity index (χ1) is 16.8. The zero-order valence-corrected chi connectivity index (χ0v) is 21.3. The number of carbonyl (C=O) groups is 3. The summed E-state index contributed by atoms with van der Waals surface area (Å²) in [6, 6.07) is 6.84. The molecule has 5 rings (SSSR count). The number of fused-ring (bicyclic) bond motifs is 1. The average Bonchev–Trinajstić information content (AvgIpc) is 3.36. The number of ketones is 2. The summed E-state index contributed by atoms with van der Waals surface area (Å²) < 4.78 is 12.1. The zero-order chi connectivity index (χ0) is 24.9. The number of nitrogens with zero attached hydrogens (tertiary/aromatic N) is 2. The fourth-order valence-electron chi connectivity index (χ4n) is 5.40. The quantitative estimate of drug-likeness (QED) is 0.514.